The van der Waals surface area contributed by atoms with Gasteiger partial charge in [-0.25, -0.2) is 9.55 Å². The van der Waals surface area contributed by atoms with Gasteiger partial charge in [0.05, 0.1) is 59.7 Å². The third-order valence-corrected chi connectivity index (χ3v) is 17.2. The van der Waals surface area contributed by atoms with E-state index in [1.807, 2.05) is 71.9 Å². The second-order valence-electron chi connectivity index (χ2n) is 20.6. The Labute approximate surface area is 428 Å². The lowest BCUT2D eigenvalue weighted by Crippen LogP contribution is -2.58. The monoisotopic (exact) mass is 1090 g/mol. The van der Waals surface area contributed by atoms with E-state index in [1.54, 1.807) is 38.9 Å². The first-order chi connectivity index (χ1) is 33.1. The van der Waals surface area contributed by atoms with Gasteiger partial charge in [0.25, 0.3) is 5.91 Å². The van der Waals surface area contributed by atoms with Gasteiger partial charge in [-0.2, -0.15) is 5.26 Å². The molecule has 7 N–H and O–H groups in total. The average Bonchev–Trinajstić information content (AvgIpc) is 3.93. The van der Waals surface area contributed by atoms with E-state index in [1.165, 1.54) is 26.6 Å². The fraction of sp³-hybridized carbons (Fsp3) is 0.740. The average molecular weight is 1090 g/mol. The number of aliphatic hydroxyl groups is 4. The zero-order chi connectivity index (χ0) is 53.4. The first-order valence-electron chi connectivity index (χ1n) is 24.2. The minimum Gasteiger partial charge on any atom is -0.448 e. The molecule has 1 spiro atoms. The van der Waals surface area contributed by atoms with E-state index < -0.39 is 103 Å². The van der Waals surface area contributed by atoms with Crippen molar-refractivity contribution < 1.29 is 72.2 Å². The number of rotatable bonds is 24. The van der Waals surface area contributed by atoms with Crippen molar-refractivity contribution in [1.82, 2.24) is 15.2 Å². The number of aliphatic hydroxyl groups excluding tert-OH is 4. The van der Waals surface area contributed by atoms with Crippen LogP contribution in [0.5, 0.6) is 0 Å². The summed E-state index contributed by atoms with van der Waals surface area (Å²) >= 11 is 3.88. The summed E-state index contributed by atoms with van der Waals surface area (Å²) in [6.45, 7) is 17.2. The number of hydrogen-bond acceptors (Lipinski definition) is 16. The molecule has 0 bridgehead atoms. The van der Waals surface area contributed by atoms with Crippen molar-refractivity contribution in [2.45, 2.75) is 171 Å². The number of phosphoric ester groups is 1. The molecule has 0 aromatic carbocycles. The number of alkyl halides is 1. The van der Waals surface area contributed by atoms with E-state index in [0.717, 1.165) is 11.1 Å². The minimum atomic E-state index is -5.14. The molecule has 2 unspecified atom stereocenters. The third kappa shape index (κ3) is 14.6. The number of nitrogens with zero attached hydrogens (tertiary/aromatic N) is 3. The zero-order valence-electron chi connectivity index (χ0n) is 43.5. The molecule has 4 heterocycles. The van der Waals surface area contributed by atoms with Crippen molar-refractivity contribution in [3.05, 3.63) is 59.4 Å². The van der Waals surface area contributed by atoms with E-state index in [4.69, 9.17) is 37.9 Å². The van der Waals surface area contributed by atoms with Gasteiger partial charge in [0.1, 0.15) is 30.3 Å². The lowest BCUT2D eigenvalue weighted by Gasteiger charge is -2.50. The van der Waals surface area contributed by atoms with Gasteiger partial charge >= 0.3 is 7.82 Å². The Balaban J connectivity index is 1.46. The van der Waals surface area contributed by atoms with E-state index in [2.05, 4.69) is 33.2 Å². The number of methoxy groups -OCH3 is 2. The first-order valence-corrected chi connectivity index (χ1v) is 26.7. The standard InChI is InChI=1S/C50H80BrN4O15P/c1-28(20-22-52)16-14-17-30(3)49(9)44(51)33(6)42(68-49)32(5)36(56)24-39(65-13)43-45(70-71(61,62)63)48(7,8)50(69-43)25-37(57)31(4)38(67-50)19-15-18-34-26-66-47(54-34)29(2)21-23-53-46(60)41(59)40(58)35(27-64-12)55(10)11/h14-18,20,26,29,31-33,35-45,56-59H,19,21,23-25,27H2,1-13H3,(H,53,60)(H2,61,62,63)/b16-14+,18-15+,28-20-,30-17+/t29-,31-,32-,33-,35-,36-,37+,38+,39-,40-,41-,42-,43+,44+,45-,49?,50?/m0/s1. The van der Waals surface area contributed by atoms with Crippen LogP contribution in [0.3, 0.4) is 0 Å². The van der Waals surface area contributed by atoms with Crippen molar-refractivity contribution in [3.63, 3.8) is 0 Å². The predicted octanol–water partition coefficient (Wildman–Crippen LogP) is 5.30. The number of ether oxygens (including phenoxy) is 5. The normalized spacial score (nSPS) is 32.6. The van der Waals surface area contributed by atoms with Crippen LogP contribution in [-0.2, 0) is 37.6 Å². The smallest absolute Gasteiger partial charge is 0.448 e. The Bertz CT molecular complexity index is 2120. The lowest BCUT2D eigenvalue weighted by atomic mass is 9.72. The van der Waals surface area contributed by atoms with Crippen LogP contribution in [0.25, 0.3) is 6.08 Å². The van der Waals surface area contributed by atoms with Crippen molar-refractivity contribution in [1.29, 1.82) is 5.26 Å². The number of allylic oxidation sites excluding steroid dienone is 5. The van der Waals surface area contributed by atoms with Crippen molar-refractivity contribution in [2.75, 3.05) is 41.5 Å². The van der Waals surface area contributed by atoms with Gasteiger partial charge in [0, 0.05) is 62.9 Å². The topological polar surface area (TPSA) is 276 Å². The Kier molecular flexibility index (Phi) is 22.0. The van der Waals surface area contributed by atoms with Crippen LogP contribution in [0, 0.1) is 34.5 Å². The first kappa shape index (κ1) is 60.9. The number of halogens is 1. The van der Waals surface area contributed by atoms with Crippen LogP contribution in [0.15, 0.2) is 52.2 Å². The molecule has 19 nitrogen and oxygen atoms in total. The van der Waals surface area contributed by atoms with Crippen LogP contribution in [-0.4, -0.2) is 165 Å². The SMILES string of the molecule is COC[C@@H]([C@H](O)[C@H](O)C(=O)NCC[C@H](C)c1nc(/C=C/C[C@H]2OC3(C[C@@H](O)[C@@H]2C)O[C@H]([C@H](C[C@H](O)[C@H](C)[C@@H]2OC(C)(/C(C)=C/C=C/C(C)=C\C#N)[C@H](Br)[C@H]2C)OC)[C@H](OP(=O)(O)O)C3(C)C)co1)N(C)C. The number of carbonyl (C=O) groups is 1. The number of nitriles is 1. The quantitative estimate of drug-likeness (QED) is 0.0299. The van der Waals surface area contributed by atoms with Gasteiger partial charge in [-0.15, -0.1) is 0 Å². The summed E-state index contributed by atoms with van der Waals surface area (Å²) in [5.41, 5.74) is 0.249. The molecule has 4 rings (SSSR count). The van der Waals surface area contributed by atoms with Crippen molar-refractivity contribution >= 4 is 35.7 Å². The van der Waals surface area contributed by atoms with Crippen LogP contribution < -0.4 is 5.32 Å². The molecule has 3 aliphatic heterocycles. The Morgan fingerprint density at radius 1 is 1.10 bits per heavy atom. The summed E-state index contributed by atoms with van der Waals surface area (Å²) in [6.07, 6.45) is 3.33. The van der Waals surface area contributed by atoms with Crippen LogP contribution in [0.1, 0.15) is 105 Å². The largest absolute Gasteiger partial charge is 0.469 e. The lowest BCUT2D eigenvalue weighted by molar-refractivity contribution is -0.334. The fourth-order valence-corrected chi connectivity index (χ4v) is 11.4. The van der Waals surface area contributed by atoms with Gasteiger partial charge in [-0.05, 0) is 70.8 Å². The minimum absolute atomic E-state index is 0.0219. The molecule has 3 fully saturated rings. The molecule has 3 aliphatic rings. The number of amides is 1. The molecule has 0 radical (unpaired) electrons. The maximum Gasteiger partial charge on any atom is 0.469 e. The van der Waals surface area contributed by atoms with Crippen LogP contribution in [0.4, 0.5) is 0 Å². The Morgan fingerprint density at radius 3 is 2.38 bits per heavy atom. The maximum atomic E-state index is 12.6. The molecule has 1 aromatic rings. The highest BCUT2D eigenvalue weighted by Crippen LogP contribution is 2.59. The van der Waals surface area contributed by atoms with Gasteiger partial charge in [-0.1, -0.05) is 81.8 Å². The Morgan fingerprint density at radius 2 is 1.77 bits per heavy atom. The molecule has 0 aliphatic carbocycles. The van der Waals surface area contributed by atoms with Gasteiger partial charge in [-0.3, -0.25) is 9.32 Å². The summed E-state index contributed by atoms with van der Waals surface area (Å²) in [7, 11) is 1.19. The molecule has 1 aromatic heterocycles. The van der Waals surface area contributed by atoms with Crippen LogP contribution in [0.2, 0.25) is 0 Å². The molecule has 17 atom stereocenters. The van der Waals surface area contributed by atoms with E-state index in [-0.39, 0.29) is 49.1 Å². The molecular formula is C50H80BrN4O15P. The molecule has 402 valence electrons. The molecule has 21 heteroatoms. The van der Waals surface area contributed by atoms with Gasteiger partial charge < -0.3 is 68.5 Å². The van der Waals surface area contributed by atoms with E-state index in [9.17, 15) is 39.6 Å². The number of hydrogen-bond donors (Lipinski definition) is 7. The second-order valence-corrected chi connectivity index (χ2v) is 22.8. The Hall–Kier alpha value is -2.68. The van der Waals surface area contributed by atoms with Crippen molar-refractivity contribution in [2.24, 2.45) is 23.2 Å². The number of carbonyl (C=O) groups excluding carboxylic acids is 1. The van der Waals surface area contributed by atoms with E-state index in [0.29, 0.717) is 18.0 Å². The number of oxazole rings is 1. The number of aromatic nitrogens is 1. The summed E-state index contributed by atoms with van der Waals surface area (Å²) in [5.74, 6) is -3.00. The molecule has 0 saturated carbocycles. The highest BCUT2D eigenvalue weighted by Gasteiger charge is 2.68. The maximum absolute atomic E-state index is 12.6. The third-order valence-electron chi connectivity index (χ3n) is 15.0. The predicted molar refractivity (Wildman–Crippen MR) is 269 cm³/mol. The van der Waals surface area contributed by atoms with Crippen LogP contribution >= 0.6 is 23.8 Å². The van der Waals surface area contributed by atoms with Gasteiger partial charge in [0.2, 0.25) is 0 Å². The molecule has 71 heavy (non-hydrogen) atoms. The fourth-order valence-electron chi connectivity index (χ4n) is 9.91. The summed E-state index contributed by atoms with van der Waals surface area (Å²) in [4.78, 5) is 39.3. The molecule has 1 amide bonds. The van der Waals surface area contributed by atoms with Gasteiger partial charge in [0.15, 0.2) is 17.8 Å². The summed E-state index contributed by atoms with van der Waals surface area (Å²) < 4.78 is 55.4. The zero-order valence-corrected chi connectivity index (χ0v) is 45.9. The summed E-state index contributed by atoms with van der Waals surface area (Å²) in [6, 6.07) is 1.43. The highest BCUT2D eigenvalue weighted by atomic mass is 79.9. The molecular weight excluding hydrogens is 1010 g/mol. The second kappa shape index (κ2) is 25.7. The van der Waals surface area contributed by atoms with E-state index >= 15 is 0 Å². The number of phosphoric acid groups is 1. The number of nitrogens with one attached hydrogen (secondary N) is 1. The number of likely N-dealkylation sites (N-methyl/N-ethyl adjacent to an activating group) is 1. The highest BCUT2D eigenvalue weighted by molar-refractivity contribution is 9.09. The molecule has 3 saturated heterocycles. The van der Waals surface area contributed by atoms with Crippen molar-refractivity contribution in [3.8, 4) is 6.07 Å². The summed E-state index contributed by atoms with van der Waals surface area (Å²) in [5, 5.41) is 56.2.